The second-order valence-electron chi connectivity index (χ2n) is 3.84. The summed E-state index contributed by atoms with van der Waals surface area (Å²) < 4.78 is 2.85. The fourth-order valence-corrected chi connectivity index (χ4v) is 1.90. The summed E-state index contributed by atoms with van der Waals surface area (Å²) in [6.07, 6.45) is 4.11. The normalized spacial score (nSPS) is 11.2. The molecule has 2 aromatic heterocycles. The van der Waals surface area contributed by atoms with Gasteiger partial charge in [0.25, 0.3) is 0 Å². The summed E-state index contributed by atoms with van der Waals surface area (Å²) in [5.74, 6) is 0. The molecule has 0 amide bonds. The first-order chi connectivity index (χ1) is 8.24. The van der Waals surface area contributed by atoms with E-state index >= 15 is 0 Å². The Hall–Kier alpha value is -1.33. The van der Waals surface area contributed by atoms with Crippen LogP contribution in [0.2, 0.25) is 5.02 Å². The SMILES string of the molecule is O=c1n(CCCCCO)nc2c(Cl)cccn12. The van der Waals surface area contributed by atoms with Crippen molar-refractivity contribution >= 4 is 17.2 Å². The van der Waals surface area contributed by atoms with Gasteiger partial charge < -0.3 is 5.11 Å². The van der Waals surface area contributed by atoms with Crippen molar-refractivity contribution in [1.29, 1.82) is 0 Å². The number of aliphatic hydroxyl groups is 1. The topological polar surface area (TPSA) is 59.5 Å². The Morgan fingerprint density at radius 2 is 2.18 bits per heavy atom. The molecule has 0 fully saturated rings. The van der Waals surface area contributed by atoms with Gasteiger partial charge in [-0.25, -0.2) is 13.9 Å². The highest BCUT2D eigenvalue weighted by atomic mass is 35.5. The van der Waals surface area contributed by atoms with E-state index in [2.05, 4.69) is 5.10 Å². The van der Waals surface area contributed by atoms with Crippen LogP contribution in [0.5, 0.6) is 0 Å². The van der Waals surface area contributed by atoms with E-state index in [4.69, 9.17) is 16.7 Å². The molecule has 6 heteroatoms. The van der Waals surface area contributed by atoms with E-state index in [1.807, 2.05) is 0 Å². The van der Waals surface area contributed by atoms with Crippen molar-refractivity contribution in [3.63, 3.8) is 0 Å². The number of rotatable bonds is 5. The van der Waals surface area contributed by atoms with Gasteiger partial charge in [0.15, 0.2) is 5.65 Å². The van der Waals surface area contributed by atoms with Gasteiger partial charge in [0.2, 0.25) is 0 Å². The van der Waals surface area contributed by atoms with Gasteiger partial charge in [0, 0.05) is 19.3 Å². The highest BCUT2D eigenvalue weighted by Crippen LogP contribution is 2.12. The molecule has 92 valence electrons. The molecular weight excluding hydrogens is 242 g/mol. The zero-order chi connectivity index (χ0) is 12.3. The molecule has 0 saturated heterocycles. The van der Waals surface area contributed by atoms with Crippen LogP contribution in [0.25, 0.3) is 5.65 Å². The van der Waals surface area contributed by atoms with Crippen molar-refractivity contribution in [2.24, 2.45) is 0 Å². The number of hydrogen-bond donors (Lipinski definition) is 1. The van der Waals surface area contributed by atoms with E-state index in [0.29, 0.717) is 17.2 Å². The third-order valence-corrected chi connectivity index (χ3v) is 2.88. The standard InChI is InChI=1S/C11H14ClN3O2/c12-9-5-4-6-14-10(9)13-15(11(14)17)7-2-1-3-8-16/h4-6,16H,1-3,7-8H2. The Labute approximate surface area is 103 Å². The van der Waals surface area contributed by atoms with Gasteiger partial charge in [0.1, 0.15) is 0 Å². The monoisotopic (exact) mass is 255 g/mol. The molecule has 0 bridgehead atoms. The molecule has 0 aliphatic heterocycles. The lowest BCUT2D eigenvalue weighted by atomic mass is 10.2. The van der Waals surface area contributed by atoms with Crippen molar-refractivity contribution in [2.45, 2.75) is 25.8 Å². The molecule has 0 aliphatic carbocycles. The average Bonchev–Trinajstić information content (AvgIpc) is 2.65. The second-order valence-corrected chi connectivity index (χ2v) is 4.25. The maximum Gasteiger partial charge on any atom is 0.350 e. The van der Waals surface area contributed by atoms with Crippen LogP contribution >= 0.6 is 11.6 Å². The lowest BCUT2D eigenvalue weighted by molar-refractivity contribution is 0.281. The summed E-state index contributed by atoms with van der Waals surface area (Å²) in [7, 11) is 0. The summed E-state index contributed by atoms with van der Waals surface area (Å²) >= 11 is 5.96. The van der Waals surface area contributed by atoms with Gasteiger partial charge in [-0.15, -0.1) is 5.10 Å². The number of pyridine rings is 1. The Morgan fingerprint density at radius 3 is 2.88 bits per heavy atom. The quantitative estimate of drug-likeness (QED) is 0.820. The fraction of sp³-hybridized carbons (Fsp3) is 0.455. The van der Waals surface area contributed by atoms with E-state index in [0.717, 1.165) is 19.3 Å². The van der Waals surface area contributed by atoms with Crippen LogP contribution in [0.4, 0.5) is 0 Å². The first kappa shape index (κ1) is 12.1. The first-order valence-corrected chi connectivity index (χ1v) is 5.96. The van der Waals surface area contributed by atoms with E-state index in [9.17, 15) is 4.79 Å². The molecule has 17 heavy (non-hydrogen) atoms. The molecule has 0 spiro atoms. The van der Waals surface area contributed by atoms with Crippen LogP contribution in [0.15, 0.2) is 23.1 Å². The Kier molecular flexibility index (Phi) is 3.81. The van der Waals surface area contributed by atoms with Gasteiger partial charge in [-0.3, -0.25) is 0 Å². The van der Waals surface area contributed by atoms with Crippen molar-refractivity contribution < 1.29 is 5.11 Å². The summed E-state index contributed by atoms with van der Waals surface area (Å²) in [6, 6.07) is 3.42. The first-order valence-electron chi connectivity index (χ1n) is 5.58. The smallest absolute Gasteiger partial charge is 0.350 e. The highest BCUT2D eigenvalue weighted by molar-refractivity contribution is 6.33. The van der Waals surface area contributed by atoms with Gasteiger partial charge in [0.05, 0.1) is 5.02 Å². The minimum absolute atomic E-state index is 0.175. The maximum atomic E-state index is 11.9. The van der Waals surface area contributed by atoms with Crippen molar-refractivity contribution in [1.82, 2.24) is 14.2 Å². The third-order valence-electron chi connectivity index (χ3n) is 2.59. The van der Waals surface area contributed by atoms with Crippen LogP contribution in [0.1, 0.15) is 19.3 Å². The number of aromatic nitrogens is 3. The van der Waals surface area contributed by atoms with E-state index in [1.165, 1.54) is 9.08 Å². The number of aliphatic hydroxyl groups excluding tert-OH is 1. The molecule has 2 rings (SSSR count). The maximum absolute atomic E-state index is 11.9. The van der Waals surface area contributed by atoms with Gasteiger partial charge >= 0.3 is 5.69 Å². The summed E-state index contributed by atoms with van der Waals surface area (Å²) in [5.41, 5.74) is 0.313. The van der Waals surface area contributed by atoms with Crippen molar-refractivity contribution in [3.05, 3.63) is 33.8 Å². The summed E-state index contributed by atoms with van der Waals surface area (Å²) in [4.78, 5) is 11.9. The number of unbranched alkanes of at least 4 members (excludes halogenated alkanes) is 2. The molecule has 0 aliphatic rings. The van der Waals surface area contributed by atoms with E-state index < -0.39 is 0 Å². The van der Waals surface area contributed by atoms with Crippen LogP contribution in [-0.4, -0.2) is 25.9 Å². The summed E-state index contributed by atoms with van der Waals surface area (Å²) in [5, 5.41) is 13.3. The van der Waals surface area contributed by atoms with Crippen LogP contribution in [0.3, 0.4) is 0 Å². The molecule has 2 aromatic rings. The molecule has 0 saturated carbocycles. The third kappa shape index (κ3) is 2.50. The Bertz CT molecular complexity index is 561. The van der Waals surface area contributed by atoms with E-state index in [1.54, 1.807) is 18.3 Å². The molecule has 2 heterocycles. The number of aryl methyl sites for hydroxylation is 1. The molecule has 5 nitrogen and oxygen atoms in total. The van der Waals surface area contributed by atoms with Crippen molar-refractivity contribution in [3.8, 4) is 0 Å². The molecule has 0 radical (unpaired) electrons. The molecule has 0 unspecified atom stereocenters. The predicted molar refractivity (Wildman–Crippen MR) is 65.4 cm³/mol. The van der Waals surface area contributed by atoms with Crippen molar-refractivity contribution in [2.75, 3.05) is 6.61 Å². The highest BCUT2D eigenvalue weighted by Gasteiger charge is 2.08. The Balaban J connectivity index is 2.21. The van der Waals surface area contributed by atoms with Crippen LogP contribution < -0.4 is 5.69 Å². The minimum Gasteiger partial charge on any atom is -0.396 e. The zero-order valence-electron chi connectivity index (χ0n) is 9.34. The lowest BCUT2D eigenvalue weighted by Gasteiger charge is -1.97. The van der Waals surface area contributed by atoms with Gasteiger partial charge in [-0.1, -0.05) is 11.6 Å². The summed E-state index contributed by atoms with van der Waals surface area (Å²) in [6.45, 7) is 0.739. The molecule has 0 atom stereocenters. The lowest BCUT2D eigenvalue weighted by Crippen LogP contribution is -2.21. The number of nitrogens with zero attached hydrogens (tertiary/aromatic N) is 3. The van der Waals surface area contributed by atoms with Gasteiger partial charge in [-0.05, 0) is 31.4 Å². The van der Waals surface area contributed by atoms with Crippen LogP contribution in [0, 0.1) is 0 Å². The Morgan fingerprint density at radius 1 is 1.35 bits per heavy atom. The zero-order valence-corrected chi connectivity index (χ0v) is 10.1. The molecule has 1 N–H and O–H groups in total. The average molecular weight is 256 g/mol. The molecule has 0 aromatic carbocycles. The minimum atomic E-state index is -0.175. The number of fused-ring (bicyclic) bond motifs is 1. The second kappa shape index (κ2) is 5.33. The number of halogens is 1. The predicted octanol–water partition coefficient (Wildman–Crippen LogP) is 1.31. The molecular formula is C11H14ClN3O2. The van der Waals surface area contributed by atoms with Crippen LogP contribution in [-0.2, 0) is 6.54 Å². The largest absolute Gasteiger partial charge is 0.396 e. The number of hydrogen-bond acceptors (Lipinski definition) is 3. The van der Waals surface area contributed by atoms with E-state index in [-0.39, 0.29) is 12.3 Å². The van der Waals surface area contributed by atoms with Gasteiger partial charge in [-0.2, -0.15) is 0 Å². The fourth-order valence-electron chi connectivity index (χ4n) is 1.70.